The van der Waals surface area contributed by atoms with Crippen LogP contribution < -0.4 is 5.73 Å². The van der Waals surface area contributed by atoms with Gasteiger partial charge in [0.25, 0.3) is 0 Å². The second-order valence-electron chi connectivity index (χ2n) is 4.19. The minimum atomic E-state index is -0.644. The van der Waals surface area contributed by atoms with Crippen molar-refractivity contribution < 1.29 is 8.78 Å². The van der Waals surface area contributed by atoms with Crippen LogP contribution in [0.3, 0.4) is 0 Å². The maximum absolute atomic E-state index is 13.8. The maximum atomic E-state index is 13.8. The quantitative estimate of drug-likeness (QED) is 0.862. The molecule has 0 heterocycles. The normalized spacial score (nSPS) is 12.5. The van der Waals surface area contributed by atoms with Crippen molar-refractivity contribution in [2.24, 2.45) is 5.73 Å². The monoisotopic (exact) mass is 345 g/mol. The fraction of sp³-hybridized carbons (Fsp3) is 0.143. The smallest absolute Gasteiger partial charge is 0.146 e. The summed E-state index contributed by atoms with van der Waals surface area (Å²) in [6, 6.07) is 8.70. The van der Waals surface area contributed by atoms with E-state index in [0.29, 0.717) is 10.0 Å². The van der Waals surface area contributed by atoms with Crippen molar-refractivity contribution in [1.29, 1.82) is 0 Å². The van der Waals surface area contributed by atoms with Crippen LogP contribution in [0.1, 0.15) is 17.2 Å². The van der Waals surface area contributed by atoms with Gasteiger partial charge in [-0.15, -0.1) is 0 Å². The first-order chi connectivity index (χ1) is 8.99. The molecule has 0 aliphatic rings. The average molecular weight is 347 g/mol. The molecule has 0 aliphatic heterocycles. The Morgan fingerprint density at radius 3 is 2.63 bits per heavy atom. The van der Waals surface area contributed by atoms with Gasteiger partial charge in [-0.05, 0) is 30.2 Å². The molecule has 2 rings (SSSR count). The number of halogens is 4. The van der Waals surface area contributed by atoms with Gasteiger partial charge in [-0.3, -0.25) is 0 Å². The lowest BCUT2D eigenvalue weighted by molar-refractivity contribution is 0.563. The number of nitrogens with two attached hydrogens (primary N) is 1. The highest BCUT2D eigenvalue weighted by molar-refractivity contribution is 9.10. The van der Waals surface area contributed by atoms with E-state index in [-0.39, 0.29) is 22.8 Å². The molecule has 0 bridgehead atoms. The molecule has 5 heteroatoms. The lowest BCUT2D eigenvalue weighted by Crippen LogP contribution is -2.16. The van der Waals surface area contributed by atoms with Gasteiger partial charge in [0.05, 0.1) is 5.02 Å². The van der Waals surface area contributed by atoms with Gasteiger partial charge in [0.15, 0.2) is 0 Å². The molecule has 0 saturated carbocycles. The topological polar surface area (TPSA) is 26.0 Å². The molecule has 0 spiro atoms. The van der Waals surface area contributed by atoms with Crippen LogP contribution in [0.2, 0.25) is 5.02 Å². The van der Waals surface area contributed by atoms with E-state index in [1.807, 2.05) is 0 Å². The Balaban J connectivity index is 2.25. The zero-order valence-electron chi connectivity index (χ0n) is 9.84. The Morgan fingerprint density at radius 2 is 1.95 bits per heavy atom. The molecule has 2 N–H and O–H groups in total. The molecule has 100 valence electrons. The summed E-state index contributed by atoms with van der Waals surface area (Å²) < 4.78 is 28.2. The molecule has 1 atom stereocenters. The van der Waals surface area contributed by atoms with E-state index in [2.05, 4.69) is 15.9 Å². The molecule has 1 unspecified atom stereocenters. The molecule has 0 fully saturated rings. The number of rotatable bonds is 3. The third kappa shape index (κ3) is 3.32. The predicted octanol–water partition coefficient (Wildman–Crippen LogP) is 4.62. The zero-order chi connectivity index (χ0) is 14.0. The second kappa shape index (κ2) is 5.99. The summed E-state index contributed by atoms with van der Waals surface area (Å²) in [4.78, 5) is 0. The summed E-state index contributed by atoms with van der Waals surface area (Å²) in [6.45, 7) is 0. The van der Waals surface area contributed by atoms with E-state index in [9.17, 15) is 8.78 Å². The minimum Gasteiger partial charge on any atom is -0.324 e. The summed E-state index contributed by atoms with van der Waals surface area (Å²) in [6.07, 6.45) is 0.205. The van der Waals surface area contributed by atoms with Gasteiger partial charge in [0, 0.05) is 16.1 Å². The van der Waals surface area contributed by atoms with Gasteiger partial charge in [-0.2, -0.15) is 0 Å². The van der Waals surface area contributed by atoms with Crippen molar-refractivity contribution in [2.45, 2.75) is 12.5 Å². The van der Waals surface area contributed by atoms with E-state index < -0.39 is 11.9 Å². The fourth-order valence-electron chi connectivity index (χ4n) is 1.84. The Labute approximate surface area is 123 Å². The molecule has 19 heavy (non-hydrogen) atoms. The molecule has 0 aliphatic carbocycles. The third-order valence-corrected chi connectivity index (χ3v) is 3.62. The SMILES string of the molecule is NC(Cc1ccc(Br)cc1F)c1cccc(Cl)c1F. The second-order valence-corrected chi connectivity index (χ2v) is 5.51. The van der Waals surface area contributed by atoms with Crippen molar-refractivity contribution in [3.05, 3.63) is 68.7 Å². The Kier molecular flexibility index (Phi) is 4.55. The number of benzene rings is 2. The minimum absolute atomic E-state index is 0.0178. The van der Waals surface area contributed by atoms with Gasteiger partial charge in [0.2, 0.25) is 0 Å². The molecular weight excluding hydrogens is 336 g/mol. The van der Waals surface area contributed by atoms with Crippen molar-refractivity contribution in [3.63, 3.8) is 0 Å². The average Bonchev–Trinajstić information content (AvgIpc) is 2.36. The van der Waals surface area contributed by atoms with E-state index >= 15 is 0 Å². The summed E-state index contributed by atoms with van der Waals surface area (Å²) in [5.74, 6) is -0.915. The molecule has 0 radical (unpaired) electrons. The van der Waals surface area contributed by atoms with Crippen LogP contribution >= 0.6 is 27.5 Å². The van der Waals surface area contributed by atoms with Crippen LogP contribution in [0.15, 0.2) is 40.9 Å². The number of hydrogen-bond acceptors (Lipinski definition) is 1. The first kappa shape index (κ1) is 14.4. The van der Waals surface area contributed by atoms with E-state index in [1.165, 1.54) is 12.1 Å². The van der Waals surface area contributed by atoms with Crippen molar-refractivity contribution in [1.82, 2.24) is 0 Å². The standard InChI is InChI=1S/C14H11BrClF2N/c15-9-5-4-8(12(17)7-9)6-13(19)10-2-1-3-11(16)14(10)18/h1-5,7,13H,6,19H2. The first-order valence-electron chi connectivity index (χ1n) is 5.62. The van der Waals surface area contributed by atoms with Crippen LogP contribution in [0.5, 0.6) is 0 Å². The zero-order valence-corrected chi connectivity index (χ0v) is 12.2. The van der Waals surface area contributed by atoms with Gasteiger partial charge < -0.3 is 5.73 Å². The van der Waals surface area contributed by atoms with Crippen LogP contribution in [-0.2, 0) is 6.42 Å². The Hall–Kier alpha value is -0.970. The fourth-order valence-corrected chi connectivity index (χ4v) is 2.36. The molecule has 1 nitrogen and oxygen atoms in total. The summed E-state index contributed by atoms with van der Waals surface area (Å²) >= 11 is 8.88. The molecule has 2 aromatic carbocycles. The van der Waals surface area contributed by atoms with E-state index in [1.54, 1.807) is 24.3 Å². The number of hydrogen-bond donors (Lipinski definition) is 1. The van der Waals surface area contributed by atoms with Crippen molar-refractivity contribution >= 4 is 27.5 Å². The largest absolute Gasteiger partial charge is 0.324 e. The summed E-state index contributed by atoms with van der Waals surface area (Å²) in [5.41, 5.74) is 6.65. The van der Waals surface area contributed by atoms with E-state index in [0.717, 1.165) is 0 Å². The lowest BCUT2D eigenvalue weighted by Gasteiger charge is -2.14. The highest BCUT2D eigenvalue weighted by atomic mass is 79.9. The molecule has 2 aromatic rings. The van der Waals surface area contributed by atoms with Gasteiger partial charge in [0.1, 0.15) is 11.6 Å². The van der Waals surface area contributed by atoms with Crippen molar-refractivity contribution in [3.8, 4) is 0 Å². The predicted molar refractivity (Wildman–Crippen MR) is 76.1 cm³/mol. The lowest BCUT2D eigenvalue weighted by atomic mass is 9.99. The van der Waals surface area contributed by atoms with Gasteiger partial charge in [-0.1, -0.05) is 45.7 Å². The highest BCUT2D eigenvalue weighted by Crippen LogP contribution is 2.25. The van der Waals surface area contributed by atoms with Gasteiger partial charge >= 0.3 is 0 Å². The van der Waals surface area contributed by atoms with Crippen LogP contribution in [0.4, 0.5) is 8.78 Å². The summed E-state index contributed by atoms with van der Waals surface area (Å²) in [5, 5.41) is 0.0178. The first-order valence-corrected chi connectivity index (χ1v) is 6.79. The molecule has 0 saturated heterocycles. The van der Waals surface area contributed by atoms with Gasteiger partial charge in [-0.25, -0.2) is 8.78 Å². The molecular formula is C14H11BrClF2N. The Bertz CT molecular complexity index is 604. The third-order valence-electron chi connectivity index (χ3n) is 2.84. The molecule has 0 amide bonds. The molecule has 0 aromatic heterocycles. The Morgan fingerprint density at radius 1 is 1.21 bits per heavy atom. The van der Waals surface area contributed by atoms with Crippen LogP contribution in [0.25, 0.3) is 0 Å². The van der Waals surface area contributed by atoms with Crippen LogP contribution in [0, 0.1) is 11.6 Å². The highest BCUT2D eigenvalue weighted by Gasteiger charge is 2.16. The van der Waals surface area contributed by atoms with E-state index in [4.69, 9.17) is 17.3 Å². The summed E-state index contributed by atoms with van der Waals surface area (Å²) in [7, 11) is 0. The van der Waals surface area contributed by atoms with Crippen molar-refractivity contribution in [2.75, 3.05) is 0 Å². The maximum Gasteiger partial charge on any atom is 0.146 e. The van der Waals surface area contributed by atoms with Crippen LogP contribution in [-0.4, -0.2) is 0 Å².